The first-order valence-corrected chi connectivity index (χ1v) is 10.5. The first-order valence-electron chi connectivity index (χ1n) is 10.5. The van der Waals surface area contributed by atoms with Gasteiger partial charge in [-0.15, -0.1) is 6.58 Å². The van der Waals surface area contributed by atoms with E-state index in [2.05, 4.69) is 25.7 Å². The second-order valence-corrected chi connectivity index (χ2v) is 9.14. The van der Waals surface area contributed by atoms with Gasteiger partial charge in [0, 0.05) is 18.0 Å². The predicted molar refractivity (Wildman–Crippen MR) is 119 cm³/mol. The Morgan fingerprint density at radius 3 is 2.55 bits per heavy atom. The molecule has 6 heteroatoms. The minimum Gasteiger partial charge on any atom is -0.324 e. The Hall–Kier alpha value is -3.41. The number of anilines is 2. The van der Waals surface area contributed by atoms with E-state index in [9.17, 15) is 14.4 Å². The van der Waals surface area contributed by atoms with Crippen molar-refractivity contribution in [2.45, 2.75) is 44.8 Å². The van der Waals surface area contributed by atoms with Crippen molar-refractivity contribution in [3.8, 4) is 0 Å². The Balaban J connectivity index is 1.82. The molecule has 0 aliphatic carbocycles. The number of amides is 3. The van der Waals surface area contributed by atoms with Crippen LogP contribution in [0.5, 0.6) is 0 Å². The topological polar surface area (TPSA) is 69.7 Å². The van der Waals surface area contributed by atoms with Gasteiger partial charge in [0.25, 0.3) is 5.91 Å². The van der Waals surface area contributed by atoms with Gasteiger partial charge in [-0.1, -0.05) is 50.3 Å². The van der Waals surface area contributed by atoms with Crippen LogP contribution in [0.1, 0.15) is 43.1 Å². The fraction of sp³-hybridized carbons (Fsp3) is 0.320. The van der Waals surface area contributed by atoms with Crippen LogP contribution in [-0.4, -0.2) is 34.8 Å². The molecule has 3 aliphatic rings. The van der Waals surface area contributed by atoms with Crippen molar-refractivity contribution in [2.75, 3.05) is 10.2 Å². The number of para-hydroxylation sites is 2. The highest BCUT2D eigenvalue weighted by atomic mass is 16.2. The van der Waals surface area contributed by atoms with E-state index in [-0.39, 0.29) is 17.7 Å². The van der Waals surface area contributed by atoms with E-state index >= 15 is 0 Å². The average Bonchev–Trinajstić information content (AvgIpc) is 3.22. The van der Waals surface area contributed by atoms with Crippen molar-refractivity contribution in [3.63, 3.8) is 0 Å². The SMILES string of the molecule is C=CC(C)(C)[C@]12CC3C(=O)Nc4ccccc4C(=O)N3[C@H]1N(C(C)=O)c1ccccc12. The first-order chi connectivity index (χ1) is 14.7. The van der Waals surface area contributed by atoms with Gasteiger partial charge in [0.05, 0.1) is 11.3 Å². The van der Waals surface area contributed by atoms with Gasteiger partial charge in [0.1, 0.15) is 12.2 Å². The van der Waals surface area contributed by atoms with Gasteiger partial charge in [-0.3, -0.25) is 19.3 Å². The third-order valence-electron chi connectivity index (χ3n) is 7.40. The van der Waals surface area contributed by atoms with Crippen LogP contribution in [0.2, 0.25) is 0 Å². The van der Waals surface area contributed by atoms with Gasteiger partial charge in [0.15, 0.2) is 0 Å². The quantitative estimate of drug-likeness (QED) is 0.761. The van der Waals surface area contributed by atoms with Crippen LogP contribution in [0.25, 0.3) is 0 Å². The van der Waals surface area contributed by atoms with Crippen LogP contribution in [0, 0.1) is 5.41 Å². The number of carbonyl (C=O) groups excluding carboxylic acids is 3. The normalized spacial score (nSPS) is 26.4. The summed E-state index contributed by atoms with van der Waals surface area (Å²) in [5, 5.41) is 2.94. The largest absolute Gasteiger partial charge is 0.324 e. The highest BCUT2D eigenvalue weighted by Crippen LogP contribution is 2.62. The van der Waals surface area contributed by atoms with Crippen molar-refractivity contribution in [3.05, 3.63) is 72.3 Å². The molecule has 1 unspecified atom stereocenters. The summed E-state index contributed by atoms with van der Waals surface area (Å²) >= 11 is 0. The van der Waals surface area contributed by atoms with Gasteiger partial charge in [0.2, 0.25) is 11.8 Å². The molecule has 0 saturated carbocycles. The highest BCUT2D eigenvalue weighted by molar-refractivity contribution is 6.11. The molecule has 3 atom stereocenters. The van der Waals surface area contributed by atoms with E-state index in [1.165, 1.54) is 6.92 Å². The fourth-order valence-corrected chi connectivity index (χ4v) is 5.78. The van der Waals surface area contributed by atoms with Gasteiger partial charge >= 0.3 is 0 Å². The lowest BCUT2D eigenvalue weighted by Crippen LogP contribution is -2.58. The summed E-state index contributed by atoms with van der Waals surface area (Å²) in [5.74, 6) is -0.636. The maximum Gasteiger partial charge on any atom is 0.258 e. The highest BCUT2D eigenvalue weighted by Gasteiger charge is 2.69. The lowest BCUT2D eigenvalue weighted by atomic mass is 9.60. The van der Waals surface area contributed by atoms with E-state index in [4.69, 9.17) is 0 Å². The molecule has 0 aromatic heterocycles. The van der Waals surface area contributed by atoms with Crippen molar-refractivity contribution < 1.29 is 14.4 Å². The van der Waals surface area contributed by atoms with Crippen LogP contribution in [-0.2, 0) is 15.0 Å². The molecule has 5 rings (SSSR count). The Bertz CT molecular complexity index is 1150. The minimum atomic E-state index is -0.695. The second-order valence-electron chi connectivity index (χ2n) is 9.14. The molecule has 3 heterocycles. The zero-order chi connectivity index (χ0) is 22.1. The molecule has 3 aliphatic heterocycles. The first kappa shape index (κ1) is 19.5. The second kappa shape index (κ2) is 6.30. The Kier molecular flexibility index (Phi) is 3.97. The number of fused-ring (bicyclic) bond motifs is 6. The third kappa shape index (κ3) is 2.30. The molecule has 158 valence electrons. The van der Waals surface area contributed by atoms with Crippen molar-refractivity contribution >= 4 is 29.1 Å². The van der Waals surface area contributed by atoms with Gasteiger partial charge in [-0.05, 0) is 35.6 Å². The molecule has 1 fully saturated rings. The average molecular weight is 415 g/mol. The number of nitrogens with one attached hydrogen (secondary N) is 1. The summed E-state index contributed by atoms with van der Waals surface area (Å²) in [6.07, 6.45) is 1.66. The summed E-state index contributed by atoms with van der Waals surface area (Å²) in [6.45, 7) is 9.72. The van der Waals surface area contributed by atoms with E-state index in [1.807, 2.05) is 30.3 Å². The third-order valence-corrected chi connectivity index (χ3v) is 7.40. The number of carbonyl (C=O) groups is 3. The smallest absolute Gasteiger partial charge is 0.258 e. The van der Waals surface area contributed by atoms with Crippen molar-refractivity contribution in [2.24, 2.45) is 5.41 Å². The molecule has 2 aromatic carbocycles. The van der Waals surface area contributed by atoms with E-state index < -0.39 is 23.0 Å². The molecule has 6 nitrogen and oxygen atoms in total. The minimum absolute atomic E-state index is 0.162. The molecule has 1 N–H and O–H groups in total. The molecule has 2 aromatic rings. The Labute approximate surface area is 181 Å². The van der Waals surface area contributed by atoms with Crippen molar-refractivity contribution in [1.29, 1.82) is 0 Å². The van der Waals surface area contributed by atoms with Crippen molar-refractivity contribution in [1.82, 2.24) is 4.90 Å². The number of hydrogen-bond acceptors (Lipinski definition) is 3. The van der Waals surface area contributed by atoms with Crippen LogP contribution in [0.3, 0.4) is 0 Å². The molecule has 3 amide bonds. The number of nitrogens with zero attached hydrogens (tertiary/aromatic N) is 2. The molecular weight excluding hydrogens is 390 g/mol. The lowest BCUT2D eigenvalue weighted by Gasteiger charge is -2.45. The number of benzene rings is 2. The molecule has 0 radical (unpaired) electrons. The van der Waals surface area contributed by atoms with Crippen LogP contribution >= 0.6 is 0 Å². The maximum atomic E-state index is 13.9. The number of allylic oxidation sites excluding steroid dienone is 1. The maximum absolute atomic E-state index is 13.9. The van der Waals surface area contributed by atoms with Gasteiger partial charge < -0.3 is 10.2 Å². The summed E-state index contributed by atoms with van der Waals surface area (Å²) in [6, 6.07) is 14.1. The number of rotatable bonds is 2. The van der Waals surface area contributed by atoms with Crippen LogP contribution < -0.4 is 10.2 Å². The van der Waals surface area contributed by atoms with Gasteiger partial charge in [-0.25, -0.2) is 0 Å². The fourth-order valence-electron chi connectivity index (χ4n) is 5.78. The summed E-state index contributed by atoms with van der Waals surface area (Å²) in [5.41, 5.74) is 1.54. The lowest BCUT2D eigenvalue weighted by molar-refractivity contribution is -0.121. The van der Waals surface area contributed by atoms with E-state index in [0.29, 0.717) is 17.7 Å². The zero-order valence-electron chi connectivity index (χ0n) is 17.9. The van der Waals surface area contributed by atoms with Gasteiger partial charge in [-0.2, -0.15) is 0 Å². The summed E-state index contributed by atoms with van der Waals surface area (Å²) < 4.78 is 0. The van der Waals surface area contributed by atoms with Crippen LogP contribution in [0.4, 0.5) is 11.4 Å². The Morgan fingerprint density at radius 1 is 1.16 bits per heavy atom. The molecule has 31 heavy (non-hydrogen) atoms. The molecule has 0 bridgehead atoms. The predicted octanol–water partition coefficient (Wildman–Crippen LogP) is 3.70. The number of hydrogen-bond donors (Lipinski definition) is 1. The van der Waals surface area contributed by atoms with E-state index in [1.54, 1.807) is 34.1 Å². The van der Waals surface area contributed by atoms with Crippen LogP contribution in [0.15, 0.2) is 61.2 Å². The van der Waals surface area contributed by atoms with E-state index in [0.717, 1.165) is 11.3 Å². The monoisotopic (exact) mass is 415 g/mol. The zero-order valence-corrected chi connectivity index (χ0v) is 17.9. The molecule has 1 saturated heterocycles. The molecular formula is C25H25N3O3. The summed E-state index contributed by atoms with van der Waals surface area (Å²) in [4.78, 5) is 43.5. The Morgan fingerprint density at radius 2 is 1.84 bits per heavy atom. The standard InChI is InChI=1S/C25H25N3O3/c1-5-24(3,4)25-14-20-21(30)26-18-12-8-6-10-16(18)22(31)28(20)23(25)27(15(2)29)19-13-9-7-11-17(19)25/h5-13,20,23H,1,14H2,2-4H3,(H,26,30)/t20?,23-,25+/m1/s1. The summed E-state index contributed by atoms with van der Waals surface area (Å²) in [7, 11) is 0. The molecule has 0 spiro atoms.